The van der Waals surface area contributed by atoms with E-state index in [1.165, 1.54) is 176 Å². The van der Waals surface area contributed by atoms with Crippen molar-refractivity contribution in [2.75, 3.05) is 4.90 Å². The molecule has 4 heterocycles. The van der Waals surface area contributed by atoms with E-state index in [4.69, 9.17) is 14.4 Å². The van der Waals surface area contributed by atoms with E-state index in [-0.39, 0.29) is 0 Å². The lowest BCUT2D eigenvalue weighted by molar-refractivity contribution is 0.669. The van der Waals surface area contributed by atoms with Crippen molar-refractivity contribution in [2.24, 2.45) is 0 Å². The molecular formula is C117H73N3O. The van der Waals surface area contributed by atoms with Gasteiger partial charge in [0.15, 0.2) is 0 Å². The van der Waals surface area contributed by atoms with Crippen molar-refractivity contribution >= 4 is 114 Å². The fraction of sp³-hybridized carbons (Fsp3) is 0.00855. The molecule has 0 N–H and O–H groups in total. The van der Waals surface area contributed by atoms with Crippen molar-refractivity contribution in [1.82, 2.24) is 9.97 Å². The molecule has 0 atom stereocenters. The van der Waals surface area contributed by atoms with E-state index in [0.717, 1.165) is 61.3 Å². The van der Waals surface area contributed by atoms with E-state index >= 15 is 0 Å². The van der Waals surface area contributed by atoms with Gasteiger partial charge in [-0.15, -0.1) is 0 Å². The predicted molar refractivity (Wildman–Crippen MR) is 507 cm³/mol. The quantitative estimate of drug-likeness (QED) is 0.135. The third-order valence-corrected chi connectivity index (χ3v) is 25.6. The van der Waals surface area contributed by atoms with E-state index in [1.54, 1.807) is 0 Å². The number of pyridine rings is 2. The third-order valence-electron chi connectivity index (χ3n) is 25.6. The first-order valence-electron chi connectivity index (χ1n) is 41.6. The van der Waals surface area contributed by atoms with Crippen LogP contribution >= 0.6 is 0 Å². The number of fused-ring (bicyclic) bond motifs is 19. The van der Waals surface area contributed by atoms with Gasteiger partial charge in [-0.05, 0) is 237 Å². The first kappa shape index (κ1) is 69.4. The topological polar surface area (TPSA) is 42.2 Å². The number of para-hydroxylation sites is 3. The van der Waals surface area contributed by atoms with Crippen LogP contribution in [0.5, 0.6) is 0 Å². The largest absolute Gasteiger partial charge is 0.456 e. The average Bonchev–Trinajstić information content (AvgIpc) is 1.54. The van der Waals surface area contributed by atoms with E-state index in [1.807, 2.05) is 6.20 Å². The Balaban J connectivity index is 0.000000141. The second-order valence-corrected chi connectivity index (χ2v) is 32.0. The van der Waals surface area contributed by atoms with Gasteiger partial charge in [0, 0.05) is 51.1 Å². The van der Waals surface area contributed by atoms with Gasteiger partial charge in [0.05, 0.1) is 28.2 Å². The number of benzene rings is 20. The van der Waals surface area contributed by atoms with Crippen LogP contribution in [0.3, 0.4) is 0 Å². The van der Waals surface area contributed by atoms with Crippen molar-refractivity contribution in [2.45, 2.75) is 5.41 Å². The van der Waals surface area contributed by atoms with E-state index in [9.17, 15) is 0 Å². The summed E-state index contributed by atoms with van der Waals surface area (Å²) in [5.41, 5.74) is 31.1. The standard InChI is InChI=1S/C66H42N2.C51H31NO/c1-3-19-43(20-4-1)47-37-38-55(49-24-8-7-23-48(47)49)65-53-28-11-9-26-51(53)64(52-27-10-12-29-54(52)65)45-36-40-61(67-42-45)44-35-39-58-56(41-44)50-25-13-14-30-57(50)66(58)59-31-15-17-33-62(59)68(46-21-5-2-6-22-46)63-34-18-16-32-60(63)66;1-2-12-32(13-3-1)37-24-25-44(39-17-7-6-16-38(37)39)51-42-20-10-8-18-40(42)50(41-19-9-11-21-43(41)51)36-22-26-47(52-31-36)35-23-27-48-45(29-35)46-28-33-14-4-5-15-34(33)30-49(46)53-48/h1-42H;1-31H. The highest BCUT2D eigenvalue weighted by Gasteiger charge is 2.52. The van der Waals surface area contributed by atoms with Crippen LogP contribution in [0.2, 0.25) is 0 Å². The summed E-state index contributed by atoms with van der Waals surface area (Å²) >= 11 is 0. The minimum absolute atomic E-state index is 0.495. The zero-order valence-corrected chi connectivity index (χ0v) is 65.9. The van der Waals surface area contributed by atoms with E-state index in [2.05, 4.69) is 442 Å². The van der Waals surface area contributed by atoms with Gasteiger partial charge in [0.1, 0.15) is 11.2 Å². The Kier molecular flexibility index (Phi) is 16.2. The van der Waals surface area contributed by atoms with Crippen LogP contribution in [-0.4, -0.2) is 9.97 Å². The summed E-state index contributed by atoms with van der Waals surface area (Å²) in [5.74, 6) is 0. The van der Waals surface area contributed by atoms with Crippen LogP contribution in [0, 0.1) is 0 Å². The molecule has 2 aliphatic rings. The summed E-state index contributed by atoms with van der Waals surface area (Å²) in [7, 11) is 0. The van der Waals surface area contributed by atoms with Crippen LogP contribution in [-0.2, 0) is 5.41 Å². The lowest BCUT2D eigenvalue weighted by Crippen LogP contribution is -2.36. The molecule has 1 aliphatic carbocycles. The molecule has 121 heavy (non-hydrogen) atoms. The van der Waals surface area contributed by atoms with Crippen molar-refractivity contribution in [3.8, 4) is 100 Å². The Hall–Kier alpha value is -15.9. The lowest BCUT2D eigenvalue weighted by atomic mass is 9.64. The summed E-state index contributed by atoms with van der Waals surface area (Å²) in [6, 6.07) is 157. The Bertz CT molecular complexity index is 7970. The predicted octanol–water partition coefficient (Wildman–Crippen LogP) is 31.6. The summed E-state index contributed by atoms with van der Waals surface area (Å²) in [6.45, 7) is 0. The SMILES string of the molecule is c1ccc(-c2ccc(-c3c4ccccc4c(-c4ccc(-c5ccc6c(c5)-c5ccccc5C65c6ccccc6N(c6ccccc6)c6ccccc65)nc4)c4ccccc34)c3ccccc23)cc1.c1ccc(-c2ccc(-c3c4ccccc4c(-c4ccc(-c5ccc6oc7cc8ccccc8cc7c6c5)nc4)c4ccccc34)c3ccccc23)cc1. The number of rotatable bonds is 9. The fourth-order valence-electron chi connectivity index (χ4n) is 20.4. The van der Waals surface area contributed by atoms with Crippen LogP contribution in [0.15, 0.2) is 448 Å². The molecule has 4 heteroatoms. The molecule has 0 saturated heterocycles. The minimum Gasteiger partial charge on any atom is -0.456 e. The molecule has 0 saturated carbocycles. The molecule has 3 aromatic heterocycles. The lowest BCUT2D eigenvalue weighted by Gasteiger charge is -2.45. The second-order valence-electron chi connectivity index (χ2n) is 32.0. The Morgan fingerprint density at radius 2 is 0.554 bits per heavy atom. The van der Waals surface area contributed by atoms with Crippen LogP contribution in [0.25, 0.3) is 198 Å². The Morgan fingerprint density at radius 1 is 0.198 bits per heavy atom. The smallest absolute Gasteiger partial charge is 0.136 e. The molecule has 1 spiro atoms. The van der Waals surface area contributed by atoms with Crippen LogP contribution in [0.1, 0.15) is 22.3 Å². The first-order valence-corrected chi connectivity index (χ1v) is 41.6. The van der Waals surface area contributed by atoms with E-state index in [0.29, 0.717) is 0 Å². The van der Waals surface area contributed by atoms with Gasteiger partial charge in [-0.2, -0.15) is 0 Å². The number of nitrogens with zero attached hydrogens (tertiary/aromatic N) is 3. The molecule has 1 aliphatic heterocycles. The van der Waals surface area contributed by atoms with Crippen molar-refractivity contribution in [3.63, 3.8) is 0 Å². The fourth-order valence-corrected chi connectivity index (χ4v) is 20.4. The first-order chi connectivity index (χ1) is 60.1. The van der Waals surface area contributed by atoms with Gasteiger partial charge >= 0.3 is 0 Å². The van der Waals surface area contributed by atoms with Gasteiger partial charge in [0.2, 0.25) is 0 Å². The summed E-state index contributed by atoms with van der Waals surface area (Å²) in [5, 5.41) is 19.4. The number of anilines is 3. The van der Waals surface area contributed by atoms with Gasteiger partial charge in [-0.1, -0.05) is 358 Å². The van der Waals surface area contributed by atoms with Gasteiger partial charge < -0.3 is 9.32 Å². The zero-order valence-electron chi connectivity index (χ0n) is 65.9. The molecule has 4 nitrogen and oxygen atoms in total. The van der Waals surface area contributed by atoms with Gasteiger partial charge in [-0.25, -0.2) is 0 Å². The van der Waals surface area contributed by atoms with Gasteiger partial charge in [-0.3, -0.25) is 9.97 Å². The molecule has 0 amide bonds. The summed E-state index contributed by atoms with van der Waals surface area (Å²) in [6.07, 6.45) is 4.13. The van der Waals surface area contributed by atoms with Crippen molar-refractivity contribution in [3.05, 3.63) is 465 Å². The molecular weight excluding hydrogens is 1460 g/mol. The highest BCUT2D eigenvalue weighted by atomic mass is 16.3. The van der Waals surface area contributed by atoms with Gasteiger partial charge in [0.25, 0.3) is 0 Å². The second kappa shape index (κ2) is 28.2. The molecule has 25 rings (SSSR count). The molecule has 0 fully saturated rings. The highest BCUT2D eigenvalue weighted by molar-refractivity contribution is 6.26. The molecule has 23 aromatic rings. The Labute approximate surface area is 700 Å². The third kappa shape index (κ3) is 11.0. The van der Waals surface area contributed by atoms with Crippen LogP contribution < -0.4 is 4.90 Å². The molecule has 0 radical (unpaired) electrons. The number of furan rings is 1. The molecule has 562 valence electrons. The zero-order chi connectivity index (χ0) is 79.6. The number of hydrogen-bond acceptors (Lipinski definition) is 4. The summed E-state index contributed by atoms with van der Waals surface area (Å²) in [4.78, 5) is 12.8. The summed E-state index contributed by atoms with van der Waals surface area (Å²) < 4.78 is 6.28. The van der Waals surface area contributed by atoms with Crippen molar-refractivity contribution < 1.29 is 4.42 Å². The molecule has 0 bridgehead atoms. The van der Waals surface area contributed by atoms with Crippen LogP contribution in [0.4, 0.5) is 17.1 Å². The molecule has 0 unspecified atom stereocenters. The number of hydrogen-bond donors (Lipinski definition) is 0. The highest BCUT2D eigenvalue weighted by Crippen LogP contribution is 2.64. The Morgan fingerprint density at radius 3 is 1.03 bits per heavy atom. The maximum atomic E-state index is 6.28. The molecule has 20 aromatic carbocycles. The van der Waals surface area contributed by atoms with E-state index < -0.39 is 5.41 Å². The normalized spacial score (nSPS) is 12.5. The maximum absolute atomic E-state index is 6.28. The minimum atomic E-state index is -0.495. The monoisotopic (exact) mass is 1540 g/mol. The number of aromatic nitrogens is 2. The van der Waals surface area contributed by atoms with Crippen molar-refractivity contribution in [1.29, 1.82) is 0 Å². The maximum Gasteiger partial charge on any atom is 0.136 e. The average molecular weight is 1540 g/mol.